The van der Waals surface area contributed by atoms with Crippen LogP contribution in [0.5, 0.6) is 0 Å². The first-order valence-corrected chi connectivity index (χ1v) is 6.04. The van der Waals surface area contributed by atoms with Crippen molar-refractivity contribution in [3.8, 4) is 12.3 Å². The Bertz CT molecular complexity index is 417. The molecule has 1 atom stereocenters. The molecule has 0 radical (unpaired) electrons. The van der Waals surface area contributed by atoms with Crippen LogP contribution in [0.1, 0.15) is 30.8 Å². The number of hydrogen-bond donors (Lipinski definition) is 1. The molecule has 4 heteroatoms. The van der Waals surface area contributed by atoms with Gasteiger partial charge in [0.2, 0.25) is 0 Å². The normalized spacial score (nSPS) is 11.9. The van der Waals surface area contributed by atoms with E-state index >= 15 is 0 Å². The number of nitrogens with zero attached hydrogens (tertiary/aromatic N) is 1. The van der Waals surface area contributed by atoms with Crippen LogP contribution in [0.25, 0.3) is 0 Å². The van der Waals surface area contributed by atoms with E-state index in [1.54, 1.807) is 6.07 Å². The highest BCUT2D eigenvalue weighted by Crippen LogP contribution is 2.15. The Labute approximate surface area is 104 Å². The molecule has 0 aliphatic carbocycles. The summed E-state index contributed by atoms with van der Waals surface area (Å²) in [6, 6.07) is 1.59. The molecule has 1 aromatic heterocycles. The van der Waals surface area contributed by atoms with Crippen LogP contribution in [-0.2, 0) is 6.54 Å². The Morgan fingerprint density at radius 3 is 2.88 bits per heavy atom. The number of terminal acetylenes is 1. The van der Waals surface area contributed by atoms with Crippen molar-refractivity contribution < 1.29 is 4.79 Å². The van der Waals surface area contributed by atoms with Crippen LogP contribution in [0, 0.1) is 12.3 Å². The van der Waals surface area contributed by atoms with Crippen molar-refractivity contribution in [2.24, 2.45) is 0 Å². The van der Waals surface area contributed by atoms with Gasteiger partial charge in [-0.3, -0.25) is 4.79 Å². The van der Waals surface area contributed by atoms with E-state index in [0.29, 0.717) is 5.69 Å². The molecule has 1 unspecified atom stereocenters. The van der Waals surface area contributed by atoms with Crippen LogP contribution in [0.4, 0.5) is 0 Å². The van der Waals surface area contributed by atoms with Gasteiger partial charge in [-0.2, -0.15) is 0 Å². The average Bonchev–Trinajstić information content (AvgIpc) is 2.67. The molecule has 1 heterocycles. The predicted molar refractivity (Wildman–Crippen MR) is 68.2 cm³/mol. The molecule has 0 fully saturated rings. The number of hydrogen-bond acceptors (Lipinski definition) is 1. The monoisotopic (exact) mass is 282 g/mol. The number of halogens is 1. The predicted octanol–water partition coefficient (Wildman–Crippen LogP) is 2.41. The number of aryl methyl sites for hydroxylation is 1. The van der Waals surface area contributed by atoms with Crippen LogP contribution < -0.4 is 5.32 Å². The highest BCUT2D eigenvalue weighted by Gasteiger charge is 2.14. The molecule has 16 heavy (non-hydrogen) atoms. The smallest absolute Gasteiger partial charge is 0.268 e. The Kier molecular flexibility index (Phi) is 4.63. The van der Waals surface area contributed by atoms with Gasteiger partial charge < -0.3 is 9.88 Å². The Morgan fingerprint density at radius 2 is 2.38 bits per heavy atom. The van der Waals surface area contributed by atoms with Crippen molar-refractivity contribution in [3.63, 3.8) is 0 Å². The molecule has 3 nitrogen and oxygen atoms in total. The molecule has 0 saturated heterocycles. The Hall–Kier alpha value is -1.21. The summed E-state index contributed by atoms with van der Waals surface area (Å²) in [7, 11) is 0. The van der Waals surface area contributed by atoms with Gasteiger partial charge in [-0.25, -0.2) is 0 Å². The van der Waals surface area contributed by atoms with Crippen molar-refractivity contribution in [1.29, 1.82) is 0 Å². The zero-order chi connectivity index (χ0) is 12.1. The molecular weight excluding hydrogens is 268 g/mol. The topological polar surface area (TPSA) is 34.0 Å². The van der Waals surface area contributed by atoms with Crippen molar-refractivity contribution >= 4 is 21.8 Å². The summed E-state index contributed by atoms with van der Waals surface area (Å²) >= 11 is 3.35. The summed E-state index contributed by atoms with van der Waals surface area (Å²) in [5.41, 5.74) is 0.628. The van der Waals surface area contributed by atoms with Crippen LogP contribution >= 0.6 is 15.9 Å². The number of rotatable bonds is 4. The molecule has 0 bridgehead atoms. The maximum atomic E-state index is 11.9. The van der Waals surface area contributed by atoms with Gasteiger partial charge in [0.1, 0.15) is 5.69 Å². The lowest BCUT2D eigenvalue weighted by atomic mass is 10.2. The number of amides is 1. The second-order valence-corrected chi connectivity index (χ2v) is 4.35. The summed E-state index contributed by atoms with van der Waals surface area (Å²) in [5, 5.41) is 2.80. The Morgan fingerprint density at radius 1 is 1.69 bits per heavy atom. The largest absolute Gasteiger partial charge is 0.343 e. The SMILES string of the molecule is C#CC(CC)NC(=O)c1cc(Br)cn1CC. The third-order valence-corrected chi connectivity index (χ3v) is 2.78. The second kappa shape index (κ2) is 5.76. The van der Waals surface area contributed by atoms with E-state index < -0.39 is 0 Å². The summed E-state index contributed by atoms with van der Waals surface area (Å²) in [4.78, 5) is 11.9. The summed E-state index contributed by atoms with van der Waals surface area (Å²) in [6.07, 6.45) is 7.92. The van der Waals surface area contributed by atoms with Crippen molar-refractivity contribution in [3.05, 3.63) is 22.4 Å². The van der Waals surface area contributed by atoms with Gasteiger partial charge >= 0.3 is 0 Å². The van der Waals surface area contributed by atoms with Crippen LogP contribution in [0.3, 0.4) is 0 Å². The van der Waals surface area contributed by atoms with Crippen LogP contribution in [0.2, 0.25) is 0 Å². The lowest BCUT2D eigenvalue weighted by Crippen LogP contribution is -2.34. The van der Waals surface area contributed by atoms with E-state index in [1.807, 2.05) is 24.6 Å². The highest BCUT2D eigenvalue weighted by molar-refractivity contribution is 9.10. The van der Waals surface area contributed by atoms with Gasteiger partial charge in [0.15, 0.2) is 0 Å². The Balaban J connectivity index is 2.84. The molecule has 0 spiro atoms. The highest BCUT2D eigenvalue weighted by atomic mass is 79.9. The average molecular weight is 283 g/mol. The third kappa shape index (κ3) is 2.89. The number of nitrogens with one attached hydrogen (secondary N) is 1. The maximum Gasteiger partial charge on any atom is 0.268 e. The lowest BCUT2D eigenvalue weighted by molar-refractivity contribution is 0.0936. The second-order valence-electron chi connectivity index (χ2n) is 3.43. The van der Waals surface area contributed by atoms with Gasteiger partial charge in [-0.15, -0.1) is 6.42 Å². The summed E-state index contributed by atoms with van der Waals surface area (Å²) in [5.74, 6) is 2.42. The minimum Gasteiger partial charge on any atom is -0.343 e. The molecule has 0 aliphatic rings. The molecule has 1 aromatic rings. The first-order chi connectivity index (χ1) is 7.62. The van der Waals surface area contributed by atoms with Gasteiger partial charge in [0.05, 0.1) is 6.04 Å². The van der Waals surface area contributed by atoms with E-state index in [-0.39, 0.29) is 11.9 Å². The van der Waals surface area contributed by atoms with E-state index in [0.717, 1.165) is 17.4 Å². The maximum absolute atomic E-state index is 11.9. The van der Waals surface area contributed by atoms with E-state index in [1.165, 1.54) is 0 Å². The molecule has 1 rings (SSSR count). The van der Waals surface area contributed by atoms with Gasteiger partial charge in [-0.1, -0.05) is 12.8 Å². The van der Waals surface area contributed by atoms with E-state index in [2.05, 4.69) is 27.2 Å². The number of carbonyl (C=O) groups is 1. The summed E-state index contributed by atoms with van der Waals surface area (Å²) < 4.78 is 2.77. The summed E-state index contributed by atoms with van der Waals surface area (Å²) in [6.45, 7) is 4.68. The molecule has 0 aromatic carbocycles. The van der Waals surface area contributed by atoms with Crippen molar-refractivity contribution in [2.75, 3.05) is 0 Å². The standard InChI is InChI=1S/C12H15BrN2O/c1-4-10(5-2)14-12(16)11-7-9(13)8-15(11)6-3/h1,7-8,10H,5-6H2,2-3H3,(H,14,16). The van der Waals surface area contributed by atoms with Crippen LogP contribution in [-0.4, -0.2) is 16.5 Å². The third-order valence-electron chi connectivity index (χ3n) is 2.35. The number of aromatic nitrogens is 1. The molecule has 1 amide bonds. The fraction of sp³-hybridized carbons (Fsp3) is 0.417. The molecule has 0 aliphatic heterocycles. The number of carbonyl (C=O) groups excluding carboxylic acids is 1. The lowest BCUT2D eigenvalue weighted by Gasteiger charge is -2.11. The first kappa shape index (κ1) is 12.9. The van der Waals surface area contributed by atoms with Crippen LogP contribution in [0.15, 0.2) is 16.7 Å². The molecule has 86 valence electrons. The van der Waals surface area contributed by atoms with E-state index in [9.17, 15) is 4.79 Å². The van der Waals surface area contributed by atoms with E-state index in [4.69, 9.17) is 6.42 Å². The molecule has 0 saturated carbocycles. The van der Waals surface area contributed by atoms with Gasteiger partial charge in [0, 0.05) is 17.2 Å². The zero-order valence-electron chi connectivity index (χ0n) is 9.46. The minimum atomic E-state index is -0.202. The van der Waals surface area contributed by atoms with Crippen molar-refractivity contribution in [2.45, 2.75) is 32.9 Å². The quantitative estimate of drug-likeness (QED) is 0.846. The van der Waals surface area contributed by atoms with Crippen molar-refractivity contribution in [1.82, 2.24) is 9.88 Å². The van der Waals surface area contributed by atoms with Gasteiger partial charge in [0.25, 0.3) is 5.91 Å². The first-order valence-electron chi connectivity index (χ1n) is 5.25. The zero-order valence-corrected chi connectivity index (χ0v) is 11.0. The molecule has 1 N–H and O–H groups in total. The molecular formula is C12H15BrN2O. The fourth-order valence-corrected chi connectivity index (χ4v) is 1.88. The van der Waals surface area contributed by atoms with Gasteiger partial charge in [-0.05, 0) is 35.3 Å². The minimum absolute atomic E-state index is 0.127. The fourth-order valence-electron chi connectivity index (χ4n) is 1.42.